The molecule has 1 saturated heterocycles. The second-order valence-corrected chi connectivity index (χ2v) is 9.79. The molecule has 1 atom stereocenters. The lowest BCUT2D eigenvalue weighted by Gasteiger charge is -2.01. The Morgan fingerprint density at radius 3 is 2.79 bits per heavy atom. The van der Waals surface area contributed by atoms with Gasteiger partial charge in [-0.1, -0.05) is 16.9 Å². The lowest BCUT2D eigenvalue weighted by atomic mass is 10.1. The van der Waals surface area contributed by atoms with E-state index in [-0.39, 0.29) is 17.4 Å². The van der Waals surface area contributed by atoms with Gasteiger partial charge in [0, 0.05) is 18.1 Å². The van der Waals surface area contributed by atoms with Gasteiger partial charge in [-0.25, -0.2) is 8.42 Å². The minimum absolute atomic E-state index is 0.0598. The number of thioether (sulfide) groups is 1. The standard InChI is InChI=1S/C18H19N3O5S2/c1-24-14-4-2-13(3-5-14)16-9-15(26-21-16)10-27-18-20-19-17(25-18)8-12-6-7-28(22,23)11-12/h2-5,9,12H,6-8,10-11H2,1H3/t12-/m0/s1. The molecule has 1 aliphatic heterocycles. The minimum Gasteiger partial charge on any atom is -0.497 e. The van der Waals surface area contributed by atoms with Crippen molar-refractivity contribution in [2.24, 2.45) is 5.92 Å². The van der Waals surface area contributed by atoms with Crippen molar-refractivity contribution in [3.8, 4) is 17.0 Å². The van der Waals surface area contributed by atoms with E-state index in [1.807, 2.05) is 30.3 Å². The predicted octanol–water partition coefficient (Wildman–Crippen LogP) is 3.00. The highest BCUT2D eigenvalue weighted by atomic mass is 32.2. The maximum Gasteiger partial charge on any atom is 0.277 e. The van der Waals surface area contributed by atoms with Gasteiger partial charge in [0.05, 0.1) is 24.4 Å². The van der Waals surface area contributed by atoms with Gasteiger partial charge in [-0.3, -0.25) is 0 Å². The zero-order valence-corrected chi connectivity index (χ0v) is 16.8. The third-order valence-electron chi connectivity index (χ3n) is 4.52. The molecule has 8 nitrogen and oxygen atoms in total. The zero-order chi connectivity index (χ0) is 19.6. The quantitative estimate of drug-likeness (QED) is 0.532. The van der Waals surface area contributed by atoms with Crippen molar-refractivity contribution >= 4 is 21.6 Å². The number of hydrogen-bond acceptors (Lipinski definition) is 9. The van der Waals surface area contributed by atoms with Crippen LogP contribution < -0.4 is 4.74 Å². The highest BCUT2D eigenvalue weighted by molar-refractivity contribution is 7.98. The van der Waals surface area contributed by atoms with Gasteiger partial charge in [-0.05, 0) is 36.6 Å². The zero-order valence-electron chi connectivity index (χ0n) is 15.2. The maximum absolute atomic E-state index is 11.5. The van der Waals surface area contributed by atoms with Crippen LogP contribution in [0.4, 0.5) is 0 Å². The number of rotatable bonds is 7. The first-order valence-corrected chi connectivity index (χ1v) is 11.6. The van der Waals surface area contributed by atoms with Gasteiger partial charge in [0.2, 0.25) is 5.89 Å². The van der Waals surface area contributed by atoms with Crippen molar-refractivity contribution in [2.45, 2.75) is 23.8 Å². The minimum atomic E-state index is -2.90. The lowest BCUT2D eigenvalue weighted by Crippen LogP contribution is -2.07. The SMILES string of the molecule is COc1ccc(-c2cc(CSc3nnc(C[C@@H]4CCS(=O)(=O)C4)o3)on2)cc1. The van der Waals surface area contributed by atoms with Crippen molar-refractivity contribution in [3.63, 3.8) is 0 Å². The van der Waals surface area contributed by atoms with Crippen molar-refractivity contribution < 1.29 is 22.1 Å². The molecule has 0 aliphatic carbocycles. The molecular formula is C18H19N3O5S2. The van der Waals surface area contributed by atoms with Crippen LogP contribution in [-0.4, -0.2) is 42.4 Å². The van der Waals surface area contributed by atoms with Gasteiger partial charge in [-0.2, -0.15) is 0 Å². The molecule has 1 aromatic carbocycles. The fourth-order valence-corrected chi connectivity index (χ4v) is 5.59. The van der Waals surface area contributed by atoms with E-state index in [1.54, 1.807) is 7.11 Å². The van der Waals surface area contributed by atoms with Crippen LogP contribution in [0.3, 0.4) is 0 Å². The van der Waals surface area contributed by atoms with E-state index in [0.717, 1.165) is 17.0 Å². The van der Waals surface area contributed by atoms with E-state index >= 15 is 0 Å². The van der Waals surface area contributed by atoms with Crippen molar-refractivity contribution in [1.29, 1.82) is 0 Å². The van der Waals surface area contributed by atoms with E-state index in [0.29, 0.717) is 35.5 Å². The summed E-state index contributed by atoms with van der Waals surface area (Å²) in [4.78, 5) is 0. The number of benzene rings is 1. The van der Waals surface area contributed by atoms with Crippen LogP contribution >= 0.6 is 11.8 Å². The summed E-state index contributed by atoms with van der Waals surface area (Å²) in [6, 6.07) is 9.44. The molecule has 0 N–H and O–H groups in total. The summed E-state index contributed by atoms with van der Waals surface area (Å²) in [5, 5.41) is 12.6. The first kappa shape index (κ1) is 19.0. The molecule has 10 heteroatoms. The summed E-state index contributed by atoms with van der Waals surface area (Å²) in [6.07, 6.45) is 1.15. The second kappa shape index (κ2) is 7.96. The van der Waals surface area contributed by atoms with E-state index < -0.39 is 9.84 Å². The topological polar surface area (TPSA) is 108 Å². The van der Waals surface area contributed by atoms with Crippen LogP contribution in [0, 0.1) is 5.92 Å². The molecule has 148 valence electrons. The number of nitrogens with zero attached hydrogens (tertiary/aromatic N) is 3. The van der Waals surface area contributed by atoms with E-state index in [9.17, 15) is 8.42 Å². The molecule has 0 amide bonds. The van der Waals surface area contributed by atoms with Gasteiger partial charge in [0.15, 0.2) is 9.84 Å². The van der Waals surface area contributed by atoms with Gasteiger partial charge >= 0.3 is 0 Å². The number of aromatic nitrogens is 3. The molecule has 0 bridgehead atoms. The predicted molar refractivity (Wildman–Crippen MR) is 103 cm³/mol. The first-order chi connectivity index (χ1) is 13.5. The van der Waals surface area contributed by atoms with Gasteiger partial charge < -0.3 is 13.7 Å². The first-order valence-electron chi connectivity index (χ1n) is 8.76. The Morgan fingerprint density at radius 1 is 1.25 bits per heavy atom. The number of methoxy groups -OCH3 is 1. The van der Waals surface area contributed by atoms with Crippen molar-refractivity contribution in [1.82, 2.24) is 15.4 Å². The number of sulfone groups is 1. The Hall–Kier alpha value is -2.33. The molecule has 2 aromatic heterocycles. The van der Waals surface area contributed by atoms with E-state index in [1.165, 1.54) is 11.8 Å². The molecule has 3 heterocycles. The Morgan fingerprint density at radius 2 is 2.07 bits per heavy atom. The molecule has 4 rings (SSSR count). The largest absolute Gasteiger partial charge is 0.497 e. The van der Waals surface area contributed by atoms with Crippen LogP contribution in [-0.2, 0) is 22.0 Å². The fourth-order valence-electron chi connectivity index (χ4n) is 3.07. The Balaban J connectivity index is 1.32. The summed E-state index contributed by atoms with van der Waals surface area (Å²) in [5.74, 6) is 2.95. The molecule has 1 aliphatic rings. The monoisotopic (exact) mass is 421 g/mol. The van der Waals surface area contributed by atoms with Crippen LogP contribution in [0.5, 0.6) is 5.75 Å². The van der Waals surface area contributed by atoms with Crippen LogP contribution in [0.1, 0.15) is 18.1 Å². The summed E-state index contributed by atoms with van der Waals surface area (Å²) in [6.45, 7) is 0. The average molecular weight is 422 g/mol. The lowest BCUT2D eigenvalue weighted by molar-refractivity contribution is 0.385. The highest BCUT2D eigenvalue weighted by Gasteiger charge is 2.29. The smallest absolute Gasteiger partial charge is 0.277 e. The molecule has 28 heavy (non-hydrogen) atoms. The van der Waals surface area contributed by atoms with Crippen molar-refractivity contribution in [3.05, 3.63) is 42.0 Å². The average Bonchev–Trinajstić information content (AvgIpc) is 3.41. The molecule has 0 unspecified atom stereocenters. The molecule has 1 fully saturated rings. The highest BCUT2D eigenvalue weighted by Crippen LogP contribution is 2.27. The Kier molecular flexibility index (Phi) is 5.40. The summed E-state index contributed by atoms with van der Waals surface area (Å²) in [5.41, 5.74) is 1.68. The third kappa shape index (κ3) is 4.56. The maximum atomic E-state index is 11.5. The fraction of sp³-hybridized carbons (Fsp3) is 0.389. The number of ether oxygens (including phenoxy) is 1. The van der Waals surface area contributed by atoms with Gasteiger partial charge in [0.1, 0.15) is 17.2 Å². The molecule has 0 saturated carbocycles. The molecule has 3 aromatic rings. The van der Waals surface area contributed by atoms with Gasteiger partial charge in [-0.15, -0.1) is 10.2 Å². The molecular weight excluding hydrogens is 402 g/mol. The van der Waals surface area contributed by atoms with E-state index in [4.69, 9.17) is 13.7 Å². The van der Waals surface area contributed by atoms with Crippen molar-refractivity contribution in [2.75, 3.05) is 18.6 Å². The van der Waals surface area contributed by atoms with Crippen LogP contribution in [0.25, 0.3) is 11.3 Å². The molecule has 0 radical (unpaired) electrons. The van der Waals surface area contributed by atoms with Crippen LogP contribution in [0.15, 0.2) is 44.5 Å². The summed E-state index contributed by atoms with van der Waals surface area (Å²) >= 11 is 1.35. The van der Waals surface area contributed by atoms with E-state index in [2.05, 4.69) is 15.4 Å². The number of hydrogen-bond donors (Lipinski definition) is 0. The molecule has 0 spiro atoms. The summed E-state index contributed by atoms with van der Waals surface area (Å²) < 4.78 is 39.2. The summed E-state index contributed by atoms with van der Waals surface area (Å²) in [7, 11) is -1.28. The third-order valence-corrected chi connectivity index (χ3v) is 7.20. The Labute approximate surface area is 166 Å². The Bertz CT molecular complexity index is 1040. The van der Waals surface area contributed by atoms with Gasteiger partial charge in [0.25, 0.3) is 5.22 Å². The normalized spacial score (nSPS) is 18.4. The second-order valence-electron chi connectivity index (χ2n) is 6.63. The van der Waals surface area contributed by atoms with Crippen LogP contribution in [0.2, 0.25) is 0 Å².